The molecule has 1 amide bonds. The number of aromatic nitrogens is 2. The maximum Gasteiger partial charge on any atom is 0.233 e. The summed E-state index contributed by atoms with van der Waals surface area (Å²) >= 11 is 1.39. The Morgan fingerprint density at radius 2 is 1.72 bits per heavy atom. The summed E-state index contributed by atoms with van der Waals surface area (Å²) in [5.74, 6) is 0.0857. The molecule has 0 saturated carbocycles. The highest BCUT2D eigenvalue weighted by Gasteiger charge is 2.26. The van der Waals surface area contributed by atoms with Crippen LogP contribution in [0.25, 0.3) is 22.0 Å². The largest absolute Gasteiger partial charge is 0.372 e. The van der Waals surface area contributed by atoms with E-state index in [0.717, 1.165) is 16.3 Å². The van der Waals surface area contributed by atoms with Crippen molar-refractivity contribution in [3.8, 4) is 11.3 Å². The number of benzene rings is 2. The van der Waals surface area contributed by atoms with E-state index in [1.165, 1.54) is 23.9 Å². The molecule has 0 radical (unpaired) electrons. The van der Waals surface area contributed by atoms with Gasteiger partial charge in [-0.25, -0.2) is 4.39 Å². The Hall–Kier alpha value is -2.51. The van der Waals surface area contributed by atoms with Crippen molar-refractivity contribution >= 4 is 28.4 Å². The molecule has 1 aromatic heterocycles. The van der Waals surface area contributed by atoms with E-state index in [0.29, 0.717) is 29.6 Å². The van der Waals surface area contributed by atoms with Crippen LogP contribution in [0, 0.1) is 5.82 Å². The topological polar surface area (TPSA) is 55.3 Å². The van der Waals surface area contributed by atoms with Crippen LogP contribution in [0.5, 0.6) is 0 Å². The lowest BCUT2D eigenvalue weighted by molar-refractivity contribution is -0.140. The zero-order chi connectivity index (χ0) is 20.4. The predicted octanol–water partition coefficient (Wildman–Crippen LogP) is 4.16. The maximum atomic E-state index is 13.3. The molecule has 1 saturated heterocycles. The number of carbonyl (C=O) groups is 1. The van der Waals surface area contributed by atoms with Gasteiger partial charge in [-0.3, -0.25) is 4.79 Å². The number of ether oxygens (including phenoxy) is 1. The van der Waals surface area contributed by atoms with E-state index in [1.807, 2.05) is 43.0 Å². The number of thioether (sulfide) groups is 1. The zero-order valence-corrected chi connectivity index (χ0v) is 17.2. The minimum Gasteiger partial charge on any atom is -0.372 e. The first-order valence-corrected chi connectivity index (χ1v) is 10.6. The second-order valence-electron chi connectivity index (χ2n) is 7.25. The fraction of sp³-hybridized carbons (Fsp3) is 0.318. The monoisotopic (exact) mass is 411 g/mol. The van der Waals surface area contributed by atoms with Crippen LogP contribution in [0.15, 0.2) is 53.6 Å². The van der Waals surface area contributed by atoms with E-state index in [9.17, 15) is 9.18 Å². The number of rotatable bonds is 4. The first-order valence-electron chi connectivity index (χ1n) is 9.58. The summed E-state index contributed by atoms with van der Waals surface area (Å²) in [5, 5.41) is 11.3. The van der Waals surface area contributed by atoms with Crippen LogP contribution < -0.4 is 0 Å². The third kappa shape index (κ3) is 4.41. The second-order valence-corrected chi connectivity index (χ2v) is 8.21. The molecule has 1 fully saturated rings. The smallest absolute Gasteiger partial charge is 0.233 e. The average molecular weight is 412 g/mol. The van der Waals surface area contributed by atoms with E-state index in [-0.39, 0.29) is 23.9 Å². The summed E-state index contributed by atoms with van der Waals surface area (Å²) in [7, 11) is 0. The molecule has 0 spiro atoms. The van der Waals surface area contributed by atoms with Crippen molar-refractivity contribution in [1.82, 2.24) is 15.1 Å². The molecule has 4 rings (SSSR count). The van der Waals surface area contributed by atoms with Gasteiger partial charge in [0.1, 0.15) is 16.5 Å². The number of fused-ring (bicyclic) bond motifs is 1. The first kappa shape index (κ1) is 19.8. The van der Waals surface area contributed by atoms with Gasteiger partial charge in [0.25, 0.3) is 0 Å². The zero-order valence-electron chi connectivity index (χ0n) is 16.3. The van der Waals surface area contributed by atoms with Gasteiger partial charge < -0.3 is 9.64 Å². The van der Waals surface area contributed by atoms with Gasteiger partial charge >= 0.3 is 0 Å². The molecular weight excluding hydrogens is 389 g/mol. The molecule has 0 unspecified atom stereocenters. The number of hydrogen-bond acceptors (Lipinski definition) is 5. The lowest BCUT2D eigenvalue weighted by Crippen LogP contribution is -2.48. The van der Waals surface area contributed by atoms with Crippen molar-refractivity contribution in [2.45, 2.75) is 31.1 Å². The van der Waals surface area contributed by atoms with Crippen molar-refractivity contribution in [2.75, 3.05) is 18.8 Å². The third-order valence-electron chi connectivity index (χ3n) is 4.88. The van der Waals surface area contributed by atoms with Gasteiger partial charge in [-0.15, -0.1) is 10.2 Å². The lowest BCUT2D eigenvalue weighted by Gasteiger charge is -2.35. The van der Waals surface area contributed by atoms with E-state index < -0.39 is 0 Å². The maximum absolute atomic E-state index is 13.3. The Balaban J connectivity index is 1.56. The number of carbonyl (C=O) groups excluding carboxylic acids is 1. The molecule has 5 nitrogen and oxygen atoms in total. The minimum atomic E-state index is -0.288. The SMILES string of the molecule is C[C@@H]1CN(C(=O)CSc2nnc(-c3ccc(F)cc3)c3ccccc23)C[C@H](C)O1. The van der Waals surface area contributed by atoms with Gasteiger partial charge in [0.05, 0.1) is 18.0 Å². The Labute approximate surface area is 173 Å². The van der Waals surface area contributed by atoms with Crippen LogP contribution in [0.3, 0.4) is 0 Å². The fourth-order valence-electron chi connectivity index (χ4n) is 3.61. The number of halogens is 1. The highest BCUT2D eigenvalue weighted by Crippen LogP contribution is 2.32. The molecule has 7 heteroatoms. The summed E-state index contributed by atoms with van der Waals surface area (Å²) < 4.78 is 19.0. The number of nitrogens with zero attached hydrogens (tertiary/aromatic N) is 3. The molecule has 150 valence electrons. The Kier molecular flexibility index (Phi) is 5.78. The Morgan fingerprint density at radius 3 is 2.41 bits per heavy atom. The van der Waals surface area contributed by atoms with E-state index >= 15 is 0 Å². The van der Waals surface area contributed by atoms with Crippen molar-refractivity contribution in [3.05, 3.63) is 54.3 Å². The third-order valence-corrected chi connectivity index (χ3v) is 5.84. The summed E-state index contributed by atoms with van der Waals surface area (Å²) in [4.78, 5) is 14.5. The number of amides is 1. The lowest BCUT2D eigenvalue weighted by atomic mass is 10.1. The fourth-order valence-corrected chi connectivity index (χ4v) is 4.48. The summed E-state index contributed by atoms with van der Waals surface area (Å²) in [6, 6.07) is 14.0. The normalized spacial score (nSPS) is 19.5. The standard InChI is InChI=1S/C22H22FN3O2S/c1-14-11-26(12-15(2)28-14)20(27)13-29-22-19-6-4-3-5-18(19)21(24-25-22)16-7-9-17(23)10-8-16/h3-10,14-15H,11-13H2,1-2H3/t14-,15+. The molecule has 29 heavy (non-hydrogen) atoms. The van der Waals surface area contributed by atoms with Crippen LogP contribution in [0.4, 0.5) is 4.39 Å². The van der Waals surface area contributed by atoms with Gasteiger partial charge in [-0.2, -0.15) is 0 Å². The molecule has 3 aromatic rings. The quantitative estimate of drug-likeness (QED) is 0.604. The van der Waals surface area contributed by atoms with E-state index in [4.69, 9.17) is 4.74 Å². The molecule has 0 N–H and O–H groups in total. The number of hydrogen-bond donors (Lipinski definition) is 0. The van der Waals surface area contributed by atoms with Crippen molar-refractivity contribution in [3.63, 3.8) is 0 Å². The van der Waals surface area contributed by atoms with Crippen molar-refractivity contribution < 1.29 is 13.9 Å². The second kappa shape index (κ2) is 8.47. The van der Waals surface area contributed by atoms with E-state index in [2.05, 4.69) is 10.2 Å². The van der Waals surface area contributed by atoms with Crippen LogP contribution >= 0.6 is 11.8 Å². The van der Waals surface area contributed by atoms with Gasteiger partial charge in [0, 0.05) is 29.4 Å². The molecule has 1 aliphatic rings. The summed E-state index contributed by atoms with van der Waals surface area (Å²) in [6.45, 7) is 5.19. The van der Waals surface area contributed by atoms with Gasteiger partial charge in [0.2, 0.25) is 5.91 Å². The molecule has 1 aliphatic heterocycles. The average Bonchev–Trinajstić information content (AvgIpc) is 2.72. The molecule has 2 atom stereocenters. The van der Waals surface area contributed by atoms with Gasteiger partial charge in [-0.1, -0.05) is 36.0 Å². The number of morpholine rings is 1. The minimum absolute atomic E-state index is 0.0447. The molecule has 2 aromatic carbocycles. The van der Waals surface area contributed by atoms with Gasteiger partial charge in [0.15, 0.2) is 0 Å². The van der Waals surface area contributed by atoms with Gasteiger partial charge in [-0.05, 0) is 38.1 Å². The van der Waals surface area contributed by atoms with Crippen LogP contribution in [0.2, 0.25) is 0 Å². The highest BCUT2D eigenvalue weighted by molar-refractivity contribution is 8.00. The summed E-state index contributed by atoms with van der Waals surface area (Å²) in [6.07, 6.45) is 0.0895. The van der Waals surface area contributed by atoms with Crippen LogP contribution in [-0.2, 0) is 9.53 Å². The van der Waals surface area contributed by atoms with Crippen molar-refractivity contribution in [2.24, 2.45) is 0 Å². The predicted molar refractivity (Wildman–Crippen MR) is 112 cm³/mol. The Bertz CT molecular complexity index is 1020. The van der Waals surface area contributed by atoms with Crippen LogP contribution in [0.1, 0.15) is 13.8 Å². The molecule has 2 heterocycles. The van der Waals surface area contributed by atoms with Crippen molar-refractivity contribution in [1.29, 1.82) is 0 Å². The molecule has 0 bridgehead atoms. The first-order chi connectivity index (χ1) is 14.0. The Morgan fingerprint density at radius 1 is 1.07 bits per heavy atom. The molecular formula is C22H22FN3O2S. The summed E-state index contributed by atoms with van der Waals surface area (Å²) in [5.41, 5.74) is 1.51. The molecule has 0 aliphatic carbocycles. The van der Waals surface area contributed by atoms with E-state index in [1.54, 1.807) is 12.1 Å². The van der Waals surface area contributed by atoms with Crippen LogP contribution in [-0.4, -0.2) is 52.1 Å². The highest BCUT2D eigenvalue weighted by atomic mass is 32.2.